The molecule has 3 heteroatoms. The molecule has 3 rings (SSSR count). The number of benzene rings is 2. The number of nitrogen functional groups attached to an aromatic ring is 1. The standard InChI is InChI=1S/C17H13NOS/c18-14-8-6-13(7-9-14)17-11-15(19)10-16(20-17)12-4-2-1-3-5-12/h1-11H,18H2. The van der Waals surface area contributed by atoms with E-state index in [0.717, 1.165) is 26.6 Å². The van der Waals surface area contributed by atoms with Crippen LogP contribution in [0.25, 0.3) is 20.9 Å². The first kappa shape index (κ1) is 12.6. The molecule has 2 aromatic carbocycles. The van der Waals surface area contributed by atoms with Gasteiger partial charge in [0.05, 0.1) is 0 Å². The van der Waals surface area contributed by atoms with E-state index >= 15 is 0 Å². The van der Waals surface area contributed by atoms with E-state index in [0.29, 0.717) is 0 Å². The Balaban J connectivity index is 2.12. The van der Waals surface area contributed by atoms with Gasteiger partial charge in [-0.3, -0.25) is 4.79 Å². The molecule has 0 fully saturated rings. The molecule has 0 aliphatic carbocycles. The summed E-state index contributed by atoms with van der Waals surface area (Å²) in [6.45, 7) is 0. The fourth-order valence-corrected chi connectivity index (χ4v) is 3.11. The smallest absolute Gasteiger partial charge is 0.181 e. The highest BCUT2D eigenvalue weighted by Crippen LogP contribution is 2.30. The van der Waals surface area contributed by atoms with Crippen molar-refractivity contribution >= 4 is 17.0 Å². The van der Waals surface area contributed by atoms with Gasteiger partial charge in [-0.25, -0.2) is 0 Å². The van der Waals surface area contributed by atoms with Gasteiger partial charge in [0.1, 0.15) is 0 Å². The van der Waals surface area contributed by atoms with Crippen LogP contribution in [0.4, 0.5) is 5.69 Å². The third kappa shape index (κ3) is 2.63. The Morgan fingerprint density at radius 2 is 1.30 bits per heavy atom. The molecule has 0 spiro atoms. The van der Waals surface area contributed by atoms with Gasteiger partial charge >= 0.3 is 0 Å². The molecule has 0 unspecified atom stereocenters. The monoisotopic (exact) mass is 279 g/mol. The maximum Gasteiger partial charge on any atom is 0.181 e. The van der Waals surface area contributed by atoms with Crippen molar-refractivity contribution in [3.63, 3.8) is 0 Å². The summed E-state index contributed by atoms with van der Waals surface area (Å²) in [6.07, 6.45) is 0. The minimum absolute atomic E-state index is 0.0226. The molecular weight excluding hydrogens is 266 g/mol. The van der Waals surface area contributed by atoms with Gasteiger partial charge in [-0.2, -0.15) is 0 Å². The molecule has 2 nitrogen and oxygen atoms in total. The Hall–Kier alpha value is -2.39. The number of hydrogen-bond acceptors (Lipinski definition) is 3. The van der Waals surface area contributed by atoms with Crippen molar-refractivity contribution in [3.8, 4) is 20.9 Å². The van der Waals surface area contributed by atoms with E-state index in [1.807, 2.05) is 54.6 Å². The van der Waals surface area contributed by atoms with Gasteiger partial charge in [-0.15, -0.1) is 11.3 Å². The molecule has 0 aliphatic rings. The summed E-state index contributed by atoms with van der Waals surface area (Å²) < 4.78 is 0. The number of nitrogens with two attached hydrogens (primary N) is 1. The first-order valence-electron chi connectivity index (χ1n) is 6.29. The second-order valence-corrected chi connectivity index (χ2v) is 5.59. The summed E-state index contributed by atoms with van der Waals surface area (Å²) in [5.41, 5.74) is 8.52. The van der Waals surface area contributed by atoms with Gasteiger partial charge in [0.25, 0.3) is 0 Å². The van der Waals surface area contributed by atoms with E-state index in [2.05, 4.69) is 0 Å². The molecule has 1 aromatic heterocycles. The Bertz CT molecular complexity index is 776. The van der Waals surface area contributed by atoms with Gasteiger partial charge in [0, 0.05) is 27.6 Å². The molecular formula is C17H13NOS. The Morgan fingerprint density at radius 1 is 0.750 bits per heavy atom. The van der Waals surface area contributed by atoms with Crippen LogP contribution in [0, 0.1) is 0 Å². The lowest BCUT2D eigenvalue weighted by Gasteiger charge is -2.05. The van der Waals surface area contributed by atoms with Crippen LogP contribution in [-0.4, -0.2) is 0 Å². The van der Waals surface area contributed by atoms with Crippen LogP contribution < -0.4 is 11.2 Å². The molecule has 0 saturated carbocycles. The maximum atomic E-state index is 11.9. The van der Waals surface area contributed by atoms with E-state index in [9.17, 15) is 4.79 Å². The lowest BCUT2D eigenvalue weighted by atomic mass is 10.1. The molecule has 98 valence electrons. The van der Waals surface area contributed by atoms with Crippen LogP contribution in [0.2, 0.25) is 0 Å². The average molecular weight is 279 g/mol. The van der Waals surface area contributed by atoms with Gasteiger partial charge in [0.2, 0.25) is 0 Å². The Labute approximate surface area is 121 Å². The number of rotatable bonds is 2. The summed E-state index contributed by atoms with van der Waals surface area (Å²) in [5, 5.41) is 0. The van der Waals surface area contributed by atoms with Crippen molar-refractivity contribution in [2.75, 3.05) is 5.73 Å². The average Bonchev–Trinajstić information content (AvgIpc) is 2.48. The van der Waals surface area contributed by atoms with E-state index in [4.69, 9.17) is 5.73 Å². The zero-order chi connectivity index (χ0) is 13.9. The molecule has 3 aromatic rings. The first-order valence-corrected chi connectivity index (χ1v) is 7.10. The van der Waals surface area contributed by atoms with Crippen molar-refractivity contribution in [2.24, 2.45) is 0 Å². The van der Waals surface area contributed by atoms with Crippen molar-refractivity contribution in [1.82, 2.24) is 0 Å². The molecule has 0 atom stereocenters. The molecule has 1 heterocycles. The highest BCUT2D eigenvalue weighted by molar-refractivity contribution is 7.18. The second-order valence-electron chi connectivity index (χ2n) is 4.51. The molecule has 0 saturated heterocycles. The van der Waals surface area contributed by atoms with Gasteiger partial charge in [-0.1, -0.05) is 42.5 Å². The van der Waals surface area contributed by atoms with Gasteiger partial charge < -0.3 is 5.73 Å². The predicted octanol–water partition coefficient (Wildman–Crippen LogP) is 4.02. The topological polar surface area (TPSA) is 43.1 Å². The highest BCUT2D eigenvalue weighted by Gasteiger charge is 2.05. The van der Waals surface area contributed by atoms with Crippen LogP contribution in [-0.2, 0) is 0 Å². The van der Waals surface area contributed by atoms with Crippen molar-refractivity contribution in [1.29, 1.82) is 0 Å². The summed E-state index contributed by atoms with van der Waals surface area (Å²) in [4.78, 5) is 13.8. The maximum absolute atomic E-state index is 11.9. The van der Waals surface area contributed by atoms with Crippen molar-refractivity contribution in [2.45, 2.75) is 0 Å². The SMILES string of the molecule is Nc1ccc(-c2cc(=O)cc(-c3ccccc3)s2)cc1. The molecule has 20 heavy (non-hydrogen) atoms. The van der Waals surface area contributed by atoms with Gasteiger partial charge in [-0.05, 0) is 23.3 Å². The fourth-order valence-electron chi connectivity index (χ4n) is 2.01. The zero-order valence-corrected chi connectivity index (χ0v) is 11.6. The van der Waals surface area contributed by atoms with Crippen LogP contribution >= 0.6 is 11.3 Å². The summed E-state index contributed by atoms with van der Waals surface area (Å²) in [5.74, 6) is 0. The molecule has 0 radical (unpaired) electrons. The number of hydrogen-bond donors (Lipinski definition) is 1. The lowest BCUT2D eigenvalue weighted by molar-refractivity contribution is 1.61. The van der Waals surface area contributed by atoms with E-state index < -0.39 is 0 Å². The lowest BCUT2D eigenvalue weighted by Crippen LogP contribution is -1.96. The minimum atomic E-state index is 0.0226. The van der Waals surface area contributed by atoms with E-state index in [1.54, 1.807) is 23.5 Å². The van der Waals surface area contributed by atoms with Crippen LogP contribution in [0.1, 0.15) is 0 Å². The molecule has 2 N–H and O–H groups in total. The normalized spacial score (nSPS) is 10.4. The first-order chi connectivity index (χ1) is 9.72. The summed E-state index contributed by atoms with van der Waals surface area (Å²) in [6, 6.07) is 20.9. The Morgan fingerprint density at radius 3 is 1.90 bits per heavy atom. The van der Waals surface area contributed by atoms with Crippen LogP contribution in [0.15, 0.2) is 71.5 Å². The molecule has 0 aliphatic heterocycles. The van der Waals surface area contributed by atoms with Crippen molar-refractivity contribution < 1.29 is 0 Å². The third-order valence-electron chi connectivity index (χ3n) is 3.02. The highest BCUT2D eigenvalue weighted by atomic mass is 32.1. The van der Waals surface area contributed by atoms with E-state index in [1.165, 1.54) is 0 Å². The van der Waals surface area contributed by atoms with Gasteiger partial charge in [0.15, 0.2) is 5.43 Å². The predicted molar refractivity (Wildman–Crippen MR) is 85.9 cm³/mol. The van der Waals surface area contributed by atoms with Crippen LogP contribution in [0.5, 0.6) is 0 Å². The molecule has 0 amide bonds. The minimum Gasteiger partial charge on any atom is -0.399 e. The number of anilines is 1. The zero-order valence-electron chi connectivity index (χ0n) is 10.7. The third-order valence-corrected chi connectivity index (χ3v) is 4.17. The summed E-state index contributed by atoms with van der Waals surface area (Å²) in [7, 11) is 0. The largest absolute Gasteiger partial charge is 0.399 e. The molecule has 0 bridgehead atoms. The van der Waals surface area contributed by atoms with E-state index in [-0.39, 0.29) is 5.43 Å². The van der Waals surface area contributed by atoms with Crippen molar-refractivity contribution in [3.05, 3.63) is 77.0 Å². The quantitative estimate of drug-likeness (QED) is 0.720. The summed E-state index contributed by atoms with van der Waals surface area (Å²) >= 11 is 1.61. The fraction of sp³-hybridized carbons (Fsp3) is 0. The Kier molecular flexibility index (Phi) is 3.35. The van der Waals surface area contributed by atoms with Crippen LogP contribution in [0.3, 0.4) is 0 Å². The second kappa shape index (κ2) is 5.31.